The number of imide groups is 1. The third-order valence-electron chi connectivity index (χ3n) is 5.31. The van der Waals surface area contributed by atoms with E-state index in [-0.39, 0.29) is 11.9 Å². The minimum Gasteiger partial charge on any atom is -0.369 e. The molecule has 0 spiro atoms. The van der Waals surface area contributed by atoms with E-state index in [1.807, 2.05) is 19.1 Å². The van der Waals surface area contributed by atoms with Gasteiger partial charge in [0.1, 0.15) is 5.54 Å². The molecular weight excluding hydrogens is 330 g/mol. The first-order valence-corrected chi connectivity index (χ1v) is 9.40. The van der Waals surface area contributed by atoms with Crippen LogP contribution in [0.15, 0.2) is 24.5 Å². The molecule has 2 fully saturated rings. The Morgan fingerprint density at radius 1 is 1.15 bits per heavy atom. The lowest BCUT2D eigenvalue weighted by molar-refractivity contribution is -0.132. The maximum absolute atomic E-state index is 12.8. The van der Waals surface area contributed by atoms with Gasteiger partial charge in [0.15, 0.2) is 0 Å². The molecule has 26 heavy (non-hydrogen) atoms. The van der Waals surface area contributed by atoms with Crippen molar-refractivity contribution in [1.82, 2.24) is 20.1 Å². The second kappa shape index (κ2) is 7.61. The molecular formula is C19H29N5O2. The molecule has 0 aromatic carbocycles. The standard InChI is InChI=1S/C19H29N5O2/c1-15(2)4-7-19(3)17(25)24(18(26)21-19)14-22-10-12-23(13-11-22)16-5-8-20-9-6-16/h5-6,8-9,15H,4,7,10-14H2,1-3H3,(H,21,26)/t19-/m0/s1. The summed E-state index contributed by atoms with van der Waals surface area (Å²) in [4.78, 5) is 35.1. The monoisotopic (exact) mass is 359 g/mol. The summed E-state index contributed by atoms with van der Waals surface area (Å²) < 4.78 is 0. The van der Waals surface area contributed by atoms with Gasteiger partial charge in [0.05, 0.1) is 6.67 Å². The maximum atomic E-state index is 12.8. The number of hydrogen-bond acceptors (Lipinski definition) is 5. The highest BCUT2D eigenvalue weighted by Crippen LogP contribution is 2.25. The van der Waals surface area contributed by atoms with Gasteiger partial charge in [0.25, 0.3) is 5.91 Å². The summed E-state index contributed by atoms with van der Waals surface area (Å²) in [7, 11) is 0. The van der Waals surface area contributed by atoms with Crippen molar-refractivity contribution in [2.75, 3.05) is 37.7 Å². The number of rotatable bonds is 6. The topological polar surface area (TPSA) is 68.8 Å². The average Bonchev–Trinajstić information content (AvgIpc) is 2.85. The van der Waals surface area contributed by atoms with Gasteiger partial charge >= 0.3 is 6.03 Å². The molecule has 3 amide bonds. The van der Waals surface area contributed by atoms with Crippen LogP contribution in [-0.4, -0.2) is 65.1 Å². The van der Waals surface area contributed by atoms with Crippen LogP contribution >= 0.6 is 0 Å². The van der Waals surface area contributed by atoms with Crippen LogP contribution in [0, 0.1) is 5.92 Å². The summed E-state index contributed by atoms with van der Waals surface area (Å²) in [5.74, 6) is 0.409. The van der Waals surface area contributed by atoms with Crippen LogP contribution in [0.1, 0.15) is 33.6 Å². The van der Waals surface area contributed by atoms with Gasteiger partial charge in [-0.25, -0.2) is 9.69 Å². The molecule has 1 aromatic rings. The molecule has 3 rings (SSSR count). The molecule has 7 nitrogen and oxygen atoms in total. The number of aromatic nitrogens is 1. The van der Waals surface area contributed by atoms with Gasteiger partial charge in [-0.2, -0.15) is 0 Å². The van der Waals surface area contributed by atoms with Gasteiger partial charge in [-0.3, -0.25) is 14.7 Å². The van der Waals surface area contributed by atoms with E-state index in [1.54, 1.807) is 12.4 Å². The molecule has 2 aliphatic rings. The van der Waals surface area contributed by atoms with Gasteiger partial charge in [0, 0.05) is 44.3 Å². The van der Waals surface area contributed by atoms with Crippen LogP contribution in [-0.2, 0) is 4.79 Å². The number of carbonyl (C=O) groups excluding carboxylic acids is 2. The summed E-state index contributed by atoms with van der Waals surface area (Å²) in [6.45, 7) is 9.86. The van der Waals surface area contributed by atoms with E-state index in [0.29, 0.717) is 19.0 Å². The second-order valence-electron chi connectivity index (χ2n) is 7.88. The lowest BCUT2D eigenvalue weighted by Gasteiger charge is -2.37. The van der Waals surface area contributed by atoms with Gasteiger partial charge in [-0.1, -0.05) is 13.8 Å². The highest BCUT2D eigenvalue weighted by atomic mass is 16.2. The Hall–Kier alpha value is -2.15. The third-order valence-corrected chi connectivity index (χ3v) is 5.31. The first-order chi connectivity index (χ1) is 12.4. The van der Waals surface area contributed by atoms with Crippen LogP contribution in [0.2, 0.25) is 0 Å². The van der Waals surface area contributed by atoms with Crippen molar-refractivity contribution in [2.24, 2.45) is 5.92 Å². The van der Waals surface area contributed by atoms with Crippen molar-refractivity contribution in [1.29, 1.82) is 0 Å². The molecule has 1 N–H and O–H groups in total. The van der Waals surface area contributed by atoms with E-state index in [4.69, 9.17) is 0 Å². The first-order valence-electron chi connectivity index (χ1n) is 9.40. The quantitative estimate of drug-likeness (QED) is 0.786. The van der Waals surface area contributed by atoms with Crippen molar-refractivity contribution in [3.8, 4) is 0 Å². The van der Waals surface area contributed by atoms with Gasteiger partial charge in [-0.15, -0.1) is 0 Å². The number of carbonyl (C=O) groups is 2. The van der Waals surface area contributed by atoms with E-state index in [2.05, 4.69) is 33.9 Å². The SMILES string of the molecule is CC(C)CC[C@]1(C)NC(=O)N(CN2CCN(c3ccncc3)CC2)C1=O. The largest absolute Gasteiger partial charge is 0.369 e. The zero-order chi connectivity index (χ0) is 18.7. The Morgan fingerprint density at radius 2 is 1.81 bits per heavy atom. The Balaban J connectivity index is 1.55. The lowest BCUT2D eigenvalue weighted by Crippen LogP contribution is -2.52. The molecule has 1 atom stereocenters. The van der Waals surface area contributed by atoms with Crippen molar-refractivity contribution >= 4 is 17.6 Å². The van der Waals surface area contributed by atoms with E-state index >= 15 is 0 Å². The molecule has 142 valence electrons. The Kier molecular flexibility index (Phi) is 5.46. The highest BCUT2D eigenvalue weighted by molar-refractivity contribution is 6.06. The predicted octanol–water partition coefficient (Wildman–Crippen LogP) is 1.91. The smallest absolute Gasteiger partial charge is 0.326 e. The number of hydrogen-bond donors (Lipinski definition) is 1. The molecule has 0 saturated carbocycles. The number of nitrogens with zero attached hydrogens (tertiary/aromatic N) is 4. The minimum atomic E-state index is -0.764. The van der Waals surface area contributed by atoms with E-state index in [1.165, 1.54) is 4.90 Å². The number of pyridine rings is 1. The van der Waals surface area contributed by atoms with Crippen LogP contribution in [0.4, 0.5) is 10.5 Å². The lowest BCUT2D eigenvalue weighted by atomic mass is 9.92. The molecule has 0 unspecified atom stereocenters. The van der Waals surface area contributed by atoms with E-state index in [9.17, 15) is 9.59 Å². The van der Waals surface area contributed by atoms with Crippen LogP contribution in [0.25, 0.3) is 0 Å². The predicted molar refractivity (Wildman–Crippen MR) is 101 cm³/mol. The van der Waals surface area contributed by atoms with Crippen LogP contribution in [0.3, 0.4) is 0 Å². The fourth-order valence-corrected chi connectivity index (χ4v) is 3.52. The van der Waals surface area contributed by atoms with Crippen LogP contribution < -0.4 is 10.2 Å². The molecule has 3 heterocycles. The van der Waals surface area contributed by atoms with Crippen molar-refractivity contribution < 1.29 is 9.59 Å². The van der Waals surface area contributed by atoms with Crippen molar-refractivity contribution in [3.05, 3.63) is 24.5 Å². The van der Waals surface area contributed by atoms with Gasteiger partial charge in [-0.05, 0) is 37.8 Å². The highest BCUT2D eigenvalue weighted by Gasteiger charge is 2.47. The fraction of sp³-hybridized carbons (Fsp3) is 0.632. The first kappa shape index (κ1) is 18.6. The van der Waals surface area contributed by atoms with Crippen molar-refractivity contribution in [2.45, 2.75) is 39.2 Å². The Morgan fingerprint density at radius 3 is 2.42 bits per heavy atom. The normalized spacial score (nSPS) is 24.5. The molecule has 2 saturated heterocycles. The summed E-state index contributed by atoms with van der Waals surface area (Å²) in [5.41, 5.74) is 0.399. The van der Waals surface area contributed by atoms with Crippen molar-refractivity contribution in [3.63, 3.8) is 0 Å². The Labute approximate surface area is 155 Å². The third kappa shape index (κ3) is 3.98. The number of urea groups is 1. The number of amides is 3. The average molecular weight is 359 g/mol. The number of nitrogens with one attached hydrogen (secondary N) is 1. The fourth-order valence-electron chi connectivity index (χ4n) is 3.52. The number of piperazine rings is 1. The summed E-state index contributed by atoms with van der Waals surface area (Å²) >= 11 is 0. The number of anilines is 1. The minimum absolute atomic E-state index is 0.0975. The molecule has 7 heteroatoms. The Bertz CT molecular complexity index is 643. The molecule has 1 aromatic heterocycles. The molecule has 0 aliphatic carbocycles. The van der Waals surface area contributed by atoms with Gasteiger partial charge in [0.2, 0.25) is 0 Å². The summed E-state index contributed by atoms with van der Waals surface area (Å²) in [6, 6.07) is 3.75. The van der Waals surface area contributed by atoms with Gasteiger partial charge < -0.3 is 10.2 Å². The van der Waals surface area contributed by atoms with E-state index in [0.717, 1.165) is 38.3 Å². The zero-order valence-electron chi connectivity index (χ0n) is 15.9. The van der Waals surface area contributed by atoms with Crippen LogP contribution in [0.5, 0.6) is 0 Å². The van der Waals surface area contributed by atoms with E-state index < -0.39 is 5.54 Å². The molecule has 2 aliphatic heterocycles. The maximum Gasteiger partial charge on any atom is 0.326 e. The summed E-state index contributed by atoms with van der Waals surface area (Å²) in [5, 5.41) is 2.90. The zero-order valence-corrected chi connectivity index (χ0v) is 15.9. The summed E-state index contributed by atoms with van der Waals surface area (Å²) in [6.07, 6.45) is 5.20. The second-order valence-corrected chi connectivity index (χ2v) is 7.88. The molecule has 0 bridgehead atoms. The molecule has 0 radical (unpaired) electrons.